The molecule has 1 amide bonds. The molecule has 0 bridgehead atoms. The van der Waals surface area contributed by atoms with Crippen molar-refractivity contribution in [3.63, 3.8) is 0 Å². The Hall–Kier alpha value is -1.89. The van der Waals surface area contributed by atoms with Crippen molar-refractivity contribution in [2.24, 2.45) is 0 Å². The number of carboxylic acids is 1. The highest BCUT2D eigenvalue weighted by Crippen LogP contribution is 2.27. The molecule has 6 nitrogen and oxygen atoms in total. The second-order valence-electron chi connectivity index (χ2n) is 4.40. The third-order valence-electron chi connectivity index (χ3n) is 3.02. The van der Waals surface area contributed by atoms with Crippen LogP contribution in [-0.2, 0) is 19.6 Å². The fraction of sp³-hybridized carbons (Fsp3) is 0.333. The first-order chi connectivity index (χ1) is 8.84. The van der Waals surface area contributed by atoms with Crippen molar-refractivity contribution in [2.75, 3.05) is 0 Å². The summed E-state index contributed by atoms with van der Waals surface area (Å²) in [5.41, 5.74) is 0.876. The van der Waals surface area contributed by atoms with Gasteiger partial charge in [-0.15, -0.1) is 0 Å². The Labute approximate surface area is 110 Å². The molecule has 1 aliphatic rings. The van der Waals surface area contributed by atoms with Crippen molar-refractivity contribution in [3.05, 3.63) is 29.8 Å². The van der Waals surface area contributed by atoms with Crippen molar-refractivity contribution >= 4 is 21.9 Å². The average Bonchev–Trinajstić information content (AvgIpc) is 2.72. The molecule has 0 radical (unpaired) electrons. The summed E-state index contributed by atoms with van der Waals surface area (Å²) in [5.74, 6) is -1.98. The number of hydrogen-bond donors (Lipinski definition) is 1. The molecule has 102 valence electrons. The maximum Gasteiger partial charge on any atom is 0.327 e. The predicted molar refractivity (Wildman–Crippen MR) is 65.9 cm³/mol. The lowest BCUT2D eigenvalue weighted by atomic mass is 10.2. The molecule has 1 N–H and O–H groups in total. The van der Waals surface area contributed by atoms with Crippen molar-refractivity contribution in [3.8, 4) is 0 Å². The summed E-state index contributed by atoms with van der Waals surface area (Å²) in [6.07, 6.45) is -0.0542. The quantitative estimate of drug-likeness (QED) is 0.884. The summed E-state index contributed by atoms with van der Waals surface area (Å²) < 4.78 is 25.1. The van der Waals surface area contributed by atoms with E-state index in [0.717, 1.165) is 5.56 Å². The maximum atomic E-state index is 12.3. The summed E-state index contributed by atoms with van der Waals surface area (Å²) in [6.45, 7) is 1.80. The van der Waals surface area contributed by atoms with Crippen LogP contribution in [0.15, 0.2) is 29.2 Å². The van der Waals surface area contributed by atoms with Gasteiger partial charge in [0, 0.05) is 6.42 Å². The van der Waals surface area contributed by atoms with Gasteiger partial charge in [0.1, 0.15) is 6.04 Å². The van der Waals surface area contributed by atoms with Crippen LogP contribution in [0, 0.1) is 6.92 Å². The topological polar surface area (TPSA) is 91.8 Å². The Balaban J connectivity index is 2.46. The van der Waals surface area contributed by atoms with Crippen LogP contribution in [0.2, 0.25) is 0 Å². The van der Waals surface area contributed by atoms with E-state index in [-0.39, 0.29) is 17.7 Å². The molecule has 1 aromatic carbocycles. The van der Waals surface area contributed by atoms with Crippen molar-refractivity contribution in [1.82, 2.24) is 4.31 Å². The summed E-state index contributed by atoms with van der Waals surface area (Å²) in [5, 5.41) is 9.00. The molecule has 0 aromatic heterocycles. The molecule has 1 fully saturated rings. The number of hydrogen-bond acceptors (Lipinski definition) is 4. The molecule has 1 saturated heterocycles. The Kier molecular flexibility index (Phi) is 3.32. The van der Waals surface area contributed by atoms with Crippen LogP contribution in [0.3, 0.4) is 0 Å². The number of benzene rings is 1. The lowest BCUT2D eigenvalue weighted by Gasteiger charge is -2.21. The zero-order valence-electron chi connectivity index (χ0n) is 10.2. The lowest BCUT2D eigenvalue weighted by molar-refractivity contribution is -0.143. The largest absolute Gasteiger partial charge is 0.480 e. The van der Waals surface area contributed by atoms with E-state index in [4.69, 9.17) is 5.11 Å². The third-order valence-corrected chi connectivity index (χ3v) is 4.87. The van der Waals surface area contributed by atoms with Crippen LogP contribution in [0.1, 0.15) is 18.4 Å². The van der Waals surface area contributed by atoms with E-state index >= 15 is 0 Å². The number of aryl methyl sites for hydroxylation is 1. The highest BCUT2D eigenvalue weighted by Gasteiger charge is 2.44. The number of amides is 1. The van der Waals surface area contributed by atoms with Crippen LogP contribution in [0.4, 0.5) is 0 Å². The zero-order chi connectivity index (χ0) is 14.2. The SMILES string of the molecule is Cc1ccc(S(=O)(=O)N2C(=O)CC[C@H]2C(=O)O)cc1. The normalized spacial score (nSPS) is 19.7. The molecule has 1 atom stereocenters. The minimum atomic E-state index is -4.10. The Bertz CT molecular complexity index is 620. The lowest BCUT2D eigenvalue weighted by Crippen LogP contribution is -2.42. The van der Waals surface area contributed by atoms with Crippen molar-refractivity contribution < 1.29 is 23.1 Å². The summed E-state index contributed by atoms with van der Waals surface area (Å²) in [4.78, 5) is 22.6. The first-order valence-electron chi connectivity index (χ1n) is 5.71. The fourth-order valence-corrected chi connectivity index (χ4v) is 3.61. The van der Waals surface area contributed by atoms with Crippen LogP contribution >= 0.6 is 0 Å². The average molecular weight is 283 g/mol. The Morgan fingerprint density at radius 2 is 1.89 bits per heavy atom. The molecular formula is C12H13NO5S. The maximum absolute atomic E-state index is 12.3. The van der Waals surface area contributed by atoms with Crippen molar-refractivity contribution in [1.29, 1.82) is 0 Å². The molecule has 0 spiro atoms. The molecule has 19 heavy (non-hydrogen) atoms. The minimum absolute atomic E-state index is 0.0132. The number of sulfonamides is 1. The van der Waals surface area contributed by atoms with Gasteiger partial charge in [-0.3, -0.25) is 4.79 Å². The van der Waals surface area contributed by atoms with Gasteiger partial charge in [0.05, 0.1) is 4.90 Å². The van der Waals surface area contributed by atoms with Gasteiger partial charge < -0.3 is 5.11 Å². The fourth-order valence-electron chi connectivity index (χ4n) is 2.01. The predicted octanol–water partition coefficient (Wildman–Crippen LogP) is 0.759. The highest BCUT2D eigenvalue weighted by molar-refractivity contribution is 7.89. The number of carboxylic acid groups (broad SMARTS) is 1. The van der Waals surface area contributed by atoms with E-state index in [9.17, 15) is 18.0 Å². The number of carbonyl (C=O) groups excluding carboxylic acids is 1. The molecule has 0 aliphatic carbocycles. The number of carbonyl (C=O) groups is 2. The van der Waals surface area contributed by atoms with E-state index in [2.05, 4.69) is 0 Å². The van der Waals surface area contributed by atoms with Gasteiger partial charge in [-0.25, -0.2) is 17.5 Å². The van der Waals surface area contributed by atoms with Gasteiger partial charge in [-0.2, -0.15) is 0 Å². The van der Waals surface area contributed by atoms with E-state index in [1.165, 1.54) is 12.1 Å². The summed E-state index contributed by atoms with van der Waals surface area (Å²) >= 11 is 0. The van der Waals surface area contributed by atoms with Gasteiger partial charge in [-0.1, -0.05) is 17.7 Å². The molecule has 1 aliphatic heterocycles. The first-order valence-corrected chi connectivity index (χ1v) is 7.15. The van der Waals surface area contributed by atoms with Gasteiger partial charge in [-0.05, 0) is 25.5 Å². The monoisotopic (exact) mass is 283 g/mol. The van der Waals surface area contributed by atoms with E-state index in [0.29, 0.717) is 4.31 Å². The Morgan fingerprint density at radius 3 is 2.42 bits per heavy atom. The van der Waals surface area contributed by atoms with E-state index in [1.807, 2.05) is 0 Å². The molecule has 1 heterocycles. The van der Waals surface area contributed by atoms with Crippen LogP contribution in [0.5, 0.6) is 0 Å². The molecular weight excluding hydrogens is 270 g/mol. The van der Waals surface area contributed by atoms with Gasteiger partial charge in [0.15, 0.2) is 0 Å². The molecule has 0 saturated carbocycles. The zero-order valence-corrected chi connectivity index (χ0v) is 11.1. The molecule has 2 rings (SSSR count). The van der Waals surface area contributed by atoms with Crippen LogP contribution < -0.4 is 0 Å². The second kappa shape index (κ2) is 4.65. The summed E-state index contributed by atoms with van der Waals surface area (Å²) in [7, 11) is -4.10. The number of rotatable bonds is 3. The van der Waals surface area contributed by atoms with Crippen molar-refractivity contribution in [2.45, 2.75) is 30.7 Å². The Morgan fingerprint density at radius 1 is 1.32 bits per heavy atom. The second-order valence-corrected chi connectivity index (χ2v) is 6.22. The molecule has 0 unspecified atom stereocenters. The molecule has 7 heteroatoms. The number of aliphatic carboxylic acids is 1. The minimum Gasteiger partial charge on any atom is -0.480 e. The highest BCUT2D eigenvalue weighted by atomic mass is 32.2. The first kappa shape index (κ1) is 13.5. The van der Waals surface area contributed by atoms with Crippen LogP contribution in [0.25, 0.3) is 0 Å². The van der Waals surface area contributed by atoms with Gasteiger partial charge in [0.2, 0.25) is 5.91 Å². The van der Waals surface area contributed by atoms with E-state index in [1.54, 1.807) is 19.1 Å². The summed E-state index contributed by atoms with van der Waals surface area (Å²) in [6, 6.07) is 4.63. The smallest absolute Gasteiger partial charge is 0.327 e. The third kappa shape index (κ3) is 2.33. The van der Waals surface area contributed by atoms with Gasteiger partial charge >= 0.3 is 5.97 Å². The van der Waals surface area contributed by atoms with E-state index < -0.39 is 27.9 Å². The standard InChI is InChI=1S/C12H13NO5S/c1-8-2-4-9(5-3-8)19(17,18)13-10(12(15)16)6-7-11(13)14/h2-5,10H,6-7H2,1H3,(H,15,16)/t10-/m0/s1. The van der Waals surface area contributed by atoms with Gasteiger partial charge in [0.25, 0.3) is 10.0 Å². The van der Waals surface area contributed by atoms with Crippen LogP contribution in [-0.4, -0.2) is 35.7 Å². The number of nitrogens with zero attached hydrogens (tertiary/aromatic N) is 1. The molecule has 1 aromatic rings.